The van der Waals surface area contributed by atoms with E-state index in [9.17, 15) is 0 Å². The molecule has 0 saturated heterocycles. The number of benzene rings is 1. The van der Waals surface area contributed by atoms with Crippen LogP contribution in [-0.4, -0.2) is 21.6 Å². The second-order valence-corrected chi connectivity index (χ2v) is 4.49. The molecule has 0 amide bonds. The summed E-state index contributed by atoms with van der Waals surface area (Å²) in [5.41, 5.74) is 7.97. The fraction of sp³-hybridized carbons (Fsp3) is 0.400. The first kappa shape index (κ1) is 8.52. The highest BCUT2D eigenvalue weighted by atomic mass is 16.5. The molecule has 2 N–H and O–H groups in total. The maximum Gasteiger partial charge on any atom is 0.149 e. The molecule has 0 unspecified atom stereocenters. The molecule has 5 nitrogen and oxygen atoms in total. The first-order valence-corrected chi connectivity index (χ1v) is 4.86. The Labute approximate surface area is 86.8 Å². The van der Waals surface area contributed by atoms with Crippen LogP contribution < -0.4 is 10.5 Å². The molecule has 0 radical (unpaired) electrons. The van der Waals surface area contributed by atoms with Gasteiger partial charge < -0.3 is 10.5 Å². The summed E-state index contributed by atoms with van der Waals surface area (Å²) in [6, 6.07) is 3.63. The minimum Gasteiger partial charge on any atom is -0.489 e. The van der Waals surface area contributed by atoms with E-state index in [-0.39, 0.29) is 5.54 Å². The average Bonchev–Trinajstić information content (AvgIpc) is 2.57. The van der Waals surface area contributed by atoms with Crippen LogP contribution in [0.15, 0.2) is 12.1 Å². The van der Waals surface area contributed by atoms with E-state index in [0.717, 1.165) is 16.8 Å². The molecule has 0 aliphatic carbocycles. The number of hydrogen-bond donors (Lipinski definition) is 1. The zero-order valence-electron chi connectivity index (χ0n) is 8.69. The van der Waals surface area contributed by atoms with E-state index in [4.69, 9.17) is 10.5 Å². The molecule has 2 heterocycles. The number of rotatable bonds is 0. The summed E-state index contributed by atoms with van der Waals surface area (Å²) < 4.78 is 7.57. The minimum absolute atomic E-state index is 0.155. The van der Waals surface area contributed by atoms with E-state index >= 15 is 0 Å². The standard InChI is InChI=1S/C10H12N4O/c1-10(2)5-15-8-4-6(11)3-7-9(8)14(10)13-12-7/h3-4H,5,11H2,1-2H3. The Morgan fingerprint density at radius 3 is 3.07 bits per heavy atom. The first-order chi connectivity index (χ1) is 7.08. The van der Waals surface area contributed by atoms with E-state index in [2.05, 4.69) is 24.2 Å². The van der Waals surface area contributed by atoms with E-state index in [1.807, 2.05) is 16.8 Å². The average molecular weight is 204 g/mol. The molecule has 1 aliphatic heterocycles. The van der Waals surface area contributed by atoms with Crippen LogP contribution in [0, 0.1) is 0 Å². The SMILES string of the molecule is CC1(C)COc2cc(N)cc3nnn1c23. The molecule has 2 aromatic rings. The zero-order chi connectivity index (χ0) is 10.6. The van der Waals surface area contributed by atoms with Crippen molar-refractivity contribution in [2.45, 2.75) is 19.4 Å². The molecule has 5 heteroatoms. The van der Waals surface area contributed by atoms with Crippen LogP contribution >= 0.6 is 0 Å². The number of ether oxygens (including phenoxy) is 1. The number of anilines is 1. The van der Waals surface area contributed by atoms with Crippen LogP contribution in [0.1, 0.15) is 13.8 Å². The predicted octanol–water partition coefficient (Wildman–Crippen LogP) is 1.14. The van der Waals surface area contributed by atoms with Crippen molar-refractivity contribution in [1.82, 2.24) is 15.0 Å². The summed E-state index contributed by atoms with van der Waals surface area (Å²) >= 11 is 0. The van der Waals surface area contributed by atoms with Crippen molar-refractivity contribution in [3.8, 4) is 5.75 Å². The van der Waals surface area contributed by atoms with E-state index in [1.165, 1.54) is 0 Å². The van der Waals surface area contributed by atoms with Gasteiger partial charge in [-0.05, 0) is 19.9 Å². The van der Waals surface area contributed by atoms with Gasteiger partial charge in [-0.25, -0.2) is 4.68 Å². The second kappa shape index (κ2) is 2.42. The maximum atomic E-state index is 5.74. The smallest absolute Gasteiger partial charge is 0.149 e. The Morgan fingerprint density at radius 2 is 2.27 bits per heavy atom. The predicted molar refractivity (Wildman–Crippen MR) is 56.8 cm³/mol. The normalized spacial score (nSPS) is 17.7. The molecule has 1 aliphatic rings. The van der Waals surface area contributed by atoms with Crippen molar-refractivity contribution in [1.29, 1.82) is 0 Å². The Bertz CT molecular complexity index is 544. The second-order valence-electron chi connectivity index (χ2n) is 4.49. The van der Waals surface area contributed by atoms with Gasteiger partial charge in [0.1, 0.15) is 23.4 Å². The zero-order valence-corrected chi connectivity index (χ0v) is 8.69. The Kier molecular flexibility index (Phi) is 1.37. The third-order valence-corrected chi connectivity index (χ3v) is 2.69. The lowest BCUT2D eigenvalue weighted by Gasteiger charge is -2.30. The number of nitrogens with two attached hydrogens (primary N) is 1. The monoisotopic (exact) mass is 204 g/mol. The number of nitrogens with zero attached hydrogens (tertiary/aromatic N) is 3. The van der Waals surface area contributed by atoms with Crippen LogP contribution in [0.4, 0.5) is 5.69 Å². The van der Waals surface area contributed by atoms with E-state index in [0.29, 0.717) is 12.3 Å². The molecule has 3 rings (SSSR count). The molecule has 78 valence electrons. The summed E-state index contributed by atoms with van der Waals surface area (Å²) in [4.78, 5) is 0. The molecule has 0 saturated carbocycles. The van der Waals surface area contributed by atoms with Gasteiger partial charge >= 0.3 is 0 Å². The van der Waals surface area contributed by atoms with Crippen molar-refractivity contribution in [3.05, 3.63) is 12.1 Å². The van der Waals surface area contributed by atoms with E-state index in [1.54, 1.807) is 0 Å². The lowest BCUT2D eigenvalue weighted by molar-refractivity contribution is 0.156. The highest BCUT2D eigenvalue weighted by Gasteiger charge is 2.31. The van der Waals surface area contributed by atoms with Crippen molar-refractivity contribution in [2.75, 3.05) is 12.3 Å². The first-order valence-electron chi connectivity index (χ1n) is 4.86. The highest BCUT2D eigenvalue weighted by molar-refractivity contribution is 5.85. The quantitative estimate of drug-likeness (QED) is 0.653. The molecule has 0 spiro atoms. The molecule has 0 bridgehead atoms. The highest BCUT2D eigenvalue weighted by Crippen LogP contribution is 2.35. The van der Waals surface area contributed by atoms with Crippen LogP contribution in [0.2, 0.25) is 0 Å². The van der Waals surface area contributed by atoms with Gasteiger partial charge in [0.2, 0.25) is 0 Å². The number of aromatic nitrogens is 3. The van der Waals surface area contributed by atoms with Crippen molar-refractivity contribution < 1.29 is 4.74 Å². The summed E-state index contributed by atoms with van der Waals surface area (Å²) in [5.74, 6) is 0.773. The Balaban J connectivity index is 2.43. The molecule has 0 atom stereocenters. The fourth-order valence-corrected chi connectivity index (χ4v) is 1.89. The molecular formula is C10H12N4O. The summed E-state index contributed by atoms with van der Waals surface area (Å²) in [6.07, 6.45) is 0. The molecule has 1 aromatic carbocycles. The molecule has 0 fully saturated rings. The van der Waals surface area contributed by atoms with Crippen LogP contribution in [0.5, 0.6) is 5.75 Å². The van der Waals surface area contributed by atoms with Crippen LogP contribution in [0.25, 0.3) is 11.0 Å². The van der Waals surface area contributed by atoms with Gasteiger partial charge in [-0.3, -0.25) is 0 Å². The van der Waals surface area contributed by atoms with Crippen LogP contribution in [-0.2, 0) is 5.54 Å². The van der Waals surface area contributed by atoms with Crippen LogP contribution in [0.3, 0.4) is 0 Å². The van der Waals surface area contributed by atoms with Gasteiger partial charge in [0.25, 0.3) is 0 Å². The van der Waals surface area contributed by atoms with E-state index < -0.39 is 0 Å². The largest absolute Gasteiger partial charge is 0.489 e. The van der Waals surface area contributed by atoms with Crippen molar-refractivity contribution >= 4 is 16.7 Å². The molecule has 15 heavy (non-hydrogen) atoms. The number of hydrogen-bond acceptors (Lipinski definition) is 4. The summed E-state index contributed by atoms with van der Waals surface area (Å²) in [7, 11) is 0. The van der Waals surface area contributed by atoms with Gasteiger partial charge in [-0.15, -0.1) is 5.10 Å². The van der Waals surface area contributed by atoms with Gasteiger partial charge in [0.05, 0.1) is 5.54 Å². The maximum absolute atomic E-state index is 5.74. The lowest BCUT2D eigenvalue weighted by Crippen LogP contribution is -2.37. The molecular weight excluding hydrogens is 192 g/mol. The summed E-state index contributed by atoms with van der Waals surface area (Å²) in [6.45, 7) is 4.72. The minimum atomic E-state index is -0.155. The van der Waals surface area contributed by atoms with Gasteiger partial charge in [0.15, 0.2) is 0 Å². The topological polar surface area (TPSA) is 66.0 Å². The van der Waals surface area contributed by atoms with Crippen molar-refractivity contribution in [3.63, 3.8) is 0 Å². The Hall–Kier alpha value is -1.78. The number of nitrogen functional groups attached to an aromatic ring is 1. The lowest BCUT2D eigenvalue weighted by atomic mass is 10.1. The van der Waals surface area contributed by atoms with Gasteiger partial charge in [-0.1, -0.05) is 5.21 Å². The third-order valence-electron chi connectivity index (χ3n) is 2.69. The fourth-order valence-electron chi connectivity index (χ4n) is 1.89. The van der Waals surface area contributed by atoms with Gasteiger partial charge in [-0.2, -0.15) is 0 Å². The molecule has 1 aromatic heterocycles. The van der Waals surface area contributed by atoms with Crippen molar-refractivity contribution in [2.24, 2.45) is 0 Å². The van der Waals surface area contributed by atoms with Gasteiger partial charge in [0, 0.05) is 11.8 Å². The summed E-state index contributed by atoms with van der Waals surface area (Å²) in [5, 5.41) is 8.25. The third kappa shape index (κ3) is 1.03. The Morgan fingerprint density at radius 1 is 1.47 bits per heavy atom.